The number of hydrogen-bond acceptors (Lipinski definition) is 4. The standard InChI is InChI=1S/C3H2F6O6S2.6H2O/c4-1(5,2(6,7)16(10,11)12)3(8,9)17(13,14)15;;;;;;/h(H,10,11,12)(H,13,14,15);6*1H2. The van der Waals surface area contributed by atoms with Crippen molar-refractivity contribution < 1.29 is 85.1 Å². The molecule has 0 aliphatic heterocycles. The molecule has 14 N–H and O–H groups in total. The SMILES string of the molecule is O.O.O.O.O.O.O=S(=O)(O)C(F)(F)C(F)(F)C(F)(F)S(=O)(=O)O. The topological polar surface area (TPSA) is 298 Å². The molecule has 0 aromatic heterocycles. The average molecular weight is 420 g/mol. The molecule has 0 rings (SSSR count). The molecule has 0 saturated heterocycles. The van der Waals surface area contributed by atoms with E-state index in [-0.39, 0.29) is 32.9 Å². The van der Waals surface area contributed by atoms with Gasteiger partial charge in [0.05, 0.1) is 0 Å². The van der Waals surface area contributed by atoms with E-state index in [4.69, 9.17) is 9.11 Å². The van der Waals surface area contributed by atoms with Gasteiger partial charge in [-0.25, -0.2) is 0 Å². The quantitative estimate of drug-likeness (QED) is 0.334. The van der Waals surface area contributed by atoms with E-state index < -0.39 is 36.7 Å². The monoisotopic (exact) mass is 420 g/mol. The number of rotatable bonds is 4. The maximum absolute atomic E-state index is 12.4. The molecule has 0 aromatic carbocycles. The summed E-state index contributed by atoms with van der Waals surface area (Å²) in [6, 6.07) is 0. The van der Waals surface area contributed by atoms with Crippen LogP contribution < -0.4 is 0 Å². The summed E-state index contributed by atoms with van der Waals surface area (Å²) >= 11 is 0. The predicted octanol–water partition coefficient (Wildman–Crippen LogP) is -4.37. The average Bonchev–Trinajstić information content (AvgIpc) is 1.98. The second-order valence-electron chi connectivity index (χ2n) is 2.56. The molecule has 0 unspecified atom stereocenters. The van der Waals surface area contributed by atoms with Gasteiger partial charge in [0.25, 0.3) is 0 Å². The Morgan fingerprint density at radius 2 is 0.652 bits per heavy atom. The lowest BCUT2D eigenvalue weighted by Gasteiger charge is -2.28. The minimum atomic E-state index is -7.08. The highest BCUT2D eigenvalue weighted by Crippen LogP contribution is 2.50. The molecule has 0 amide bonds. The zero-order valence-electron chi connectivity index (χ0n) is 10.1. The van der Waals surface area contributed by atoms with Crippen LogP contribution in [0.4, 0.5) is 26.3 Å². The summed E-state index contributed by atoms with van der Waals surface area (Å²) in [6.45, 7) is 0. The van der Waals surface area contributed by atoms with Gasteiger partial charge >= 0.3 is 36.7 Å². The summed E-state index contributed by atoms with van der Waals surface area (Å²) in [5.74, 6) is -7.08. The van der Waals surface area contributed by atoms with Crippen molar-refractivity contribution in [2.24, 2.45) is 0 Å². The summed E-state index contributed by atoms with van der Waals surface area (Å²) in [5.41, 5.74) is 0. The summed E-state index contributed by atoms with van der Waals surface area (Å²) in [6.07, 6.45) is 0. The van der Waals surface area contributed by atoms with Gasteiger partial charge in [-0.05, 0) is 0 Å². The Kier molecular flexibility index (Phi) is 19.0. The van der Waals surface area contributed by atoms with Gasteiger partial charge in [-0.2, -0.15) is 43.2 Å². The number of hydrogen-bond donors (Lipinski definition) is 2. The third-order valence-corrected chi connectivity index (χ3v) is 3.19. The van der Waals surface area contributed by atoms with Gasteiger partial charge in [-0.1, -0.05) is 0 Å². The van der Waals surface area contributed by atoms with E-state index in [1.54, 1.807) is 0 Å². The van der Waals surface area contributed by atoms with E-state index in [0.717, 1.165) is 0 Å². The second kappa shape index (κ2) is 10.1. The fourth-order valence-electron chi connectivity index (χ4n) is 0.493. The Balaban J connectivity index is -0.0000000853. The molecule has 0 aliphatic rings. The second-order valence-corrected chi connectivity index (χ2v) is 5.48. The number of halogens is 6. The maximum atomic E-state index is 12.4. The highest BCUT2D eigenvalue weighted by molar-refractivity contribution is 7.88. The van der Waals surface area contributed by atoms with Crippen LogP contribution in [0.15, 0.2) is 0 Å². The molecular weight excluding hydrogens is 406 g/mol. The Hall–Kier alpha value is -0.840. The van der Waals surface area contributed by atoms with Crippen molar-refractivity contribution in [2.75, 3.05) is 0 Å². The van der Waals surface area contributed by atoms with E-state index in [1.807, 2.05) is 0 Å². The lowest BCUT2D eigenvalue weighted by Crippen LogP contribution is -2.60. The van der Waals surface area contributed by atoms with Crippen molar-refractivity contribution in [3.05, 3.63) is 0 Å². The molecular formula is C3H14F6O12S2. The molecule has 0 radical (unpaired) electrons. The van der Waals surface area contributed by atoms with Crippen molar-refractivity contribution in [3.63, 3.8) is 0 Å². The summed E-state index contributed by atoms with van der Waals surface area (Å²) in [5, 5.41) is -13.6. The summed E-state index contributed by atoms with van der Waals surface area (Å²) in [7, 11) is -14.1. The third-order valence-electron chi connectivity index (χ3n) is 1.38. The molecule has 0 saturated carbocycles. The van der Waals surface area contributed by atoms with Crippen molar-refractivity contribution in [2.45, 2.75) is 16.4 Å². The molecule has 0 aliphatic carbocycles. The van der Waals surface area contributed by atoms with Crippen LogP contribution in [0.1, 0.15) is 0 Å². The minimum Gasteiger partial charge on any atom is -0.412 e. The fraction of sp³-hybridized carbons (Fsp3) is 1.00. The zero-order chi connectivity index (χ0) is 14.5. The lowest BCUT2D eigenvalue weighted by atomic mass is 10.3. The van der Waals surface area contributed by atoms with E-state index in [2.05, 4.69) is 0 Å². The lowest BCUT2D eigenvalue weighted by molar-refractivity contribution is -0.247. The van der Waals surface area contributed by atoms with Crippen LogP contribution in [0, 0.1) is 0 Å². The van der Waals surface area contributed by atoms with Crippen LogP contribution in [0.25, 0.3) is 0 Å². The Bertz CT molecular complexity index is 465. The highest BCUT2D eigenvalue weighted by atomic mass is 32.2. The Morgan fingerprint density at radius 1 is 0.522 bits per heavy atom. The fourth-order valence-corrected chi connectivity index (χ4v) is 1.46. The summed E-state index contributed by atoms with van der Waals surface area (Å²) < 4.78 is 128. The van der Waals surface area contributed by atoms with Gasteiger partial charge < -0.3 is 32.9 Å². The normalized spacial score (nSPS) is 11.8. The highest BCUT2D eigenvalue weighted by Gasteiger charge is 2.82. The molecule has 0 fully saturated rings. The molecule has 20 heteroatoms. The molecule has 0 bridgehead atoms. The van der Waals surface area contributed by atoms with Gasteiger partial charge in [0.2, 0.25) is 0 Å². The van der Waals surface area contributed by atoms with Crippen LogP contribution in [0.2, 0.25) is 0 Å². The first kappa shape index (κ1) is 43.2. The van der Waals surface area contributed by atoms with E-state index >= 15 is 0 Å². The smallest absolute Gasteiger partial charge is 0.412 e. The van der Waals surface area contributed by atoms with Gasteiger partial charge in [-0.3, -0.25) is 9.11 Å². The largest absolute Gasteiger partial charge is 0.439 e. The van der Waals surface area contributed by atoms with Gasteiger partial charge in [0, 0.05) is 0 Å². The van der Waals surface area contributed by atoms with Crippen molar-refractivity contribution in [3.8, 4) is 0 Å². The minimum absolute atomic E-state index is 0. The third kappa shape index (κ3) is 6.28. The van der Waals surface area contributed by atoms with Gasteiger partial charge in [0.1, 0.15) is 0 Å². The molecule has 0 atom stereocenters. The first-order valence-corrected chi connectivity index (χ1v) is 5.95. The van der Waals surface area contributed by atoms with Crippen molar-refractivity contribution in [1.29, 1.82) is 0 Å². The molecule has 0 heterocycles. The van der Waals surface area contributed by atoms with Crippen LogP contribution in [0.3, 0.4) is 0 Å². The van der Waals surface area contributed by atoms with E-state index in [0.29, 0.717) is 0 Å². The van der Waals surface area contributed by atoms with E-state index in [1.165, 1.54) is 0 Å². The predicted molar refractivity (Wildman–Crippen MR) is 59.6 cm³/mol. The van der Waals surface area contributed by atoms with Crippen LogP contribution in [-0.4, -0.2) is 75.2 Å². The van der Waals surface area contributed by atoms with E-state index in [9.17, 15) is 43.2 Å². The van der Waals surface area contributed by atoms with Gasteiger partial charge in [-0.15, -0.1) is 0 Å². The molecule has 12 nitrogen and oxygen atoms in total. The molecule has 0 aromatic rings. The first-order valence-electron chi connectivity index (χ1n) is 3.07. The zero-order valence-corrected chi connectivity index (χ0v) is 11.7. The van der Waals surface area contributed by atoms with Crippen molar-refractivity contribution in [1.82, 2.24) is 0 Å². The van der Waals surface area contributed by atoms with Crippen LogP contribution >= 0.6 is 0 Å². The maximum Gasteiger partial charge on any atom is 0.439 e. The number of alkyl halides is 6. The van der Waals surface area contributed by atoms with Gasteiger partial charge in [0.15, 0.2) is 0 Å². The summed E-state index contributed by atoms with van der Waals surface area (Å²) in [4.78, 5) is 0. The Labute approximate surface area is 123 Å². The molecule has 152 valence electrons. The molecule has 0 spiro atoms. The van der Waals surface area contributed by atoms with Crippen molar-refractivity contribution >= 4 is 20.2 Å². The Morgan fingerprint density at radius 3 is 0.739 bits per heavy atom. The molecule has 23 heavy (non-hydrogen) atoms. The van der Waals surface area contributed by atoms with Crippen LogP contribution in [0.5, 0.6) is 0 Å². The van der Waals surface area contributed by atoms with Crippen LogP contribution in [-0.2, 0) is 20.2 Å². The first-order chi connectivity index (χ1) is 7.00.